The van der Waals surface area contributed by atoms with Gasteiger partial charge in [-0.15, -0.1) is 13.2 Å². The lowest BCUT2D eigenvalue weighted by Gasteiger charge is -2.21. The summed E-state index contributed by atoms with van der Waals surface area (Å²) in [5.74, 6) is -0.382. The van der Waals surface area contributed by atoms with Crippen LogP contribution in [0.5, 0.6) is 5.75 Å². The molecule has 3 aromatic carbocycles. The van der Waals surface area contributed by atoms with Crippen LogP contribution in [0.1, 0.15) is 22.7 Å². The lowest BCUT2D eigenvalue weighted by atomic mass is 9.99. The molecule has 0 aliphatic rings. The van der Waals surface area contributed by atoms with Gasteiger partial charge >= 0.3 is 12.4 Å². The number of alkyl halides is 3. The number of hydrazine groups is 1. The van der Waals surface area contributed by atoms with Crippen molar-refractivity contribution in [2.24, 2.45) is 0 Å². The molecule has 33 heavy (non-hydrogen) atoms. The third-order valence-electron chi connectivity index (χ3n) is 4.51. The number of amides is 2. The molecule has 0 saturated heterocycles. The molecule has 0 bridgehead atoms. The first-order valence-corrected chi connectivity index (χ1v) is 10.7. The summed E-state index contributed by atoms with van der Waals surface area (Å²) >= 11 is 2.21. The zero-order chi connectivity index (χ0) is 23.8. The third kappa shape index (κ3) is 7.65. The average Bonchev–Trinajstić information content (AvgIpc) is 2.78. The zero-order valence-corrected chi connectivity index (χ0v) is 19.1. The molecule has 0 heterocycles. The van der Waals surface area contributed by atoms with E-state index in [2.05, 4.69) is 49.6 Å². The molecule has 6 nitrogen and oxygen atoms in total. The first kappa shape index (κ1) is 24.3. The monoisotopic (exact) mass is 566 g/mol. The number of nitrogens with one attached hydrogen (secondary N) is 3. The minimum atomic E-state index is -4.78. The molecule has 3 N–H and O–H groups in total. The van der Waals surface area contributed by atoms with E-state index in [-0.39, 0.29) is 11.8 Å². The minimum Gasteiger partial charge on any atom is -0.406 e. The summed E-state index contributed by atoms with van der Waals surface area (Å²) in [6, 6.07) is 20.9. The van der Waals surface area contributed by atoms with Gasteiger partial charge in [-0.05, 0) is 82.6 Å². The normalized spacial score (nSPS) is 11.8. The van der Waals surface area contributed by atoms with Crippen LogP contribution in [-0.4, -0.2) is 12.4 Å². The van der Waals surface area contributed by atoms with Gasteiger partial charge in [-0.1, -0.05) is 30.3 Å². The van der Waals surface area contributed by atoms with Crippen LogP contribution in [0.2, 0.25) is 0 Å². The molecule has 0 aromatic heterocycles. The summed E-state index contributed by atoms with van der Waals surface area (Å²) in [7, 11) is 0. The molecule has 3 aromatic rings. The first-order valence-electron chi connectivity index (χ1n) is 9.65. The van der Waals surface area contributed by atoms with Gasteiger partial charge in [-0.3, -0.25) is 5.43 Å². The smallest absolute Gasteiger partial charge is 0.406 e. The van der Waals surface area contributed by atoms with Crippen molar-refractivity contribution < 1.29 is 22.7 Å². The van der Waals surface area contributed by atoms with E-state index in [1.165, 1.54) is 12.1 Å². The summed E-state index contributed by atoms with van der Waals surface area (Å²) in [6.07, 6.45) is -4.25. The van der Waals surface area contributed by atoms with E-state index in [0.29, 0.717) is 17.7 Å². The minimum absolute atomic E-state index is 0.278. The number of ether oxygens (including phenoxy) is 1. The molecule has 170 valence electrons. The van der Waals surface area contributed by atoms with Gasteiger partial charge in [-0.2, -0.15) is 5.26 Å². The SMILES string of the molecule is N#Cc1ccc(CC(NNC(=O)Nc2ccc(OC(F)(F)F)cc2)c2ccccc2I)cc1. The number of rotatable bonds is 7. The molecule has 10 heteroatoms. The Kier molecular flexibility index (Phi) is 8.13. The van der Waals surface area contributed by atoms with Crippen LogP contribution in [0.4, 0.5) is 23.7 Å². The van der Waals surface area contributed by atoms with E-state index in [0.717, 1.165) is 26.8 Å². The zero-order valence-electron chi connectivity index (χ0n) is 17.0. The topological polar surface area (TPSA) is 86.2 Å². The Morgan fingerprint density at radius 2 is 1.70 bits per heavy atom. The standard InChI is InChI=1S/C23H18F3IN4O2/c24-23(25,26)33-18-11-9-17(10-12-18)29-22(32)31-30-21(19-3-1-2-4-20(19)27)13-15-5-7-16(14-28)8-6-15/h1-12,21,30H,13H2,(H2,29,31,32). The number of nitrogens with zero attached hydrogens (tertiary/aromatic N) is 1. The highest BCUT2D eigenvalue weighted by Crippen LogP contribution is 2.25. The Bertz CT molecular complexity index is 1130. The van der Waals surface area contributed by atoms with Crippen molar-refractivity contribution in [3.63, 3.8) is 0 Å². The summed E-state index contributed by atoms with van der Waals surface area (Å²) in [4.78, 5) is 12.3. The van der Waals surface area contributed by atoms with Crippen LogP contribution in [0.15, 0.2) is 72.8 Å². The summed E-state index contributed by atoms with van der Waals surface area (Å²) in [6.45, 7) is 0. The number of carbonyl (C=O) groups excluding carboxylic acids is 1. The van der Waals surface area contributed by atoms with Crippen LogP contribution in [0, 0.1) is 14.9 Å². The van der Waals surface area contributed by atoms with Crippen LogP contribution in [-0.2, 0) is 6.42 Å². The number of benzene rings is 3. The van der Waals surface area contributed by atoms with Gasteiger partial charge in [0.05, 0.1) is 17.7 Å². The lowest BCUT2D eigenvalue weighted by Crippen LogP contribution is -2.43. The molecular formula is C23H18F3IN4O2. The molecule has 1 unspecified atom stereocenters. The largest absolute Gasteiger partial charge is 0.573 e. The first-order chi connectivity index (χ1) is 15.7. The molecule has 0 saturated carbocycles. The van der Waals surface area contributed by atoms with E-state index in [9.17, 15) is 18.0 Å². The number of nitriles is 1. The molecule has 0 fully saturated rings. The second kappa shape index (κ2) is 11.0. The Morgan fingerprint density at radius 3 is 2.30 bits per heavy atom. The van der Waals surface area contributed by atoms with Gasteiger partial charge in [0.1, 0.15) is 5.75 Å². The number of carbonyl (C=O) groups is 1. The Balaban J connectivity index is 1.65. The molecule has 0 radical (unpaired) electrons. The van der Waals surface area contributed by atoms with Gasteiger partial charge < -0.3 is 10.1 Å². The fourth-order valence-corrected chi connectivity index (χ4v) is 3.77. The van der Waals surface area contributed by atoms with Crippen LogP contribution < -0.4 is 20.9 Å². The van der Waals surface area contributed by atoms with E-state index in [1.54, 1.807) is 12.1 Å². The number of halogens is 4. The highest BCUT2D eigenvalue weighted by atomic mass is 127. The third-order valence-corrected chi connectivity index (χ3v) is 5.49. The van der Waals surface area contributed by atoms with Crippen LogP contribution in [0.3, 0.4) is 0 Å². The number of hydrogen-bond donors (Lipinski definition) is 3. The summed E-state index contributed by atoms with van der Waals surface area (Å²) in [5.41, 5.74) is 8.38. The highest BCUT2D eigenvalue weighted by Gasteiger charge is 2.31. The van der Waals surface area contributed by atoms with Gasteiger partial charge in [0, 0.05) is 9.26 Å². The van der Waals surface area contributed by atoms with Gasteiger partial charge in [0.15, 0.2) is 0 Å². The predicted octanol–water partition coefficient (Wildman–Crippen LogP) is 5.67. The lowest BCUT2D eigenvalue weighted by molar-refractivity contribution is -0.274. The molecule has 1 atom stereocenters. The second-order valence-corrected chi connectivity index (χ2v) is 8.04. The van der Waals surface area contributed by atoms with Crippen LogP contribution in [0.25, 0.3) is 0 Å². The average molecular weight is 566 g/mol. The van der Waals surface area contributed by atoms with Crippen molar-refractivity contribution in [1.82, 2.24) is 10.9 Å². The number of urea groups is 1. The van der Waals surface area contributed by atoms with Gasteiger partial charge in [-0.25, -0.2) is 10.2 Å². The van der Waals surface area contributed by atoms with Crippen molar-refractivity contribution in [1.29, 1.82) is 5.26 Å². The maximum atomic E-state index is 12.3. The van der Waals surface area contributed by atoms with Crippen molar-refractivity contribution >= 4 is 34.3 Å². The summed E-state index contributed by atoms with van der Waals surface area (Å²) in [5, 5.41) is 11.5. The maximum Gasteiger partial charge on any atom is 0.573 e. The van der Waals surface area contributed by atoms with E-state index >= 15 is 0 Å². The Morgan fingerprint density at radius 1 is 1.03 bits per heavy atom. The van der Waals surface area contributed by atoms with Crippen molar-refractivity contribution in [3.05, 3.63) is 93.1 Å². The van der Waals surface area contributed by atoms with E-state index in [4.69, 9.17) is 5.26 Å². The van der Waals surface area contributed by atoms with Crippen molar-refractivity contribution in [3.8, 4) is 11.8 Å². The molecular weight excluding hydrogens is 548 g/mol. The molecule has 0 spiro atoms. The highest BCUT2D eigenvalue weighted by molar-refractivity contribution is 14.1. The second-order valence-electron chi connectivity index (χ2n) is 6.88. The van der Waals surface area contributed by atoms with Gasteiger partial charge in [0.2, 0.25) is 0 Å². The molecule has 3 rings (SSSR count). The Labute approximate surface area is 201 Å². The molecule has 0 aliphatic carbocycles. The van der Waals surface area contributed by atoms with E-state index in [1.807, 2.05) is 36.4 Å². The van der Waals surface area contributed by atoms with Crippen molar-refractivity contribution in [2.75, 3.05) is 5.32 Å². The van der Waals surface area contributed by atoms with E-state index < -0.39 is 12.4 Å². The molecule has 0 aliphatic heterocycles. The fourth-order valence-electron chi connectivity index (χ4n) is 3.00. The Hall–Kier alpha value is -3.30. The quantitative estimate of drug-likeness (QED) is 0.254. The number of hydrogen-bond acceptors (Lipinski definition) is 4. The number of anilines is 1. The van der Waals surface area contributed by atoms with Crippen LogP contribution >= 0.6 is 22.6 Å². The molecule has 2 amide bonds. The van der Waals surface area contributed by atoms with Crippen molar-refractivity contribution in [2.45, 2.75) is 18.8 Å². The fraction of sp³-hybridized carbons (Fsp3) is 0.130. The summed E-state index contributed by atoms with van der Waals surface area (Å²) < 4.78 is 41.6. The van der Waals surface area contributed by atoms with Gasteiger partial charge in [0.25, 0.3) is 0 Å². The predicted molar refractivity (Wildman–Crippen MR) is 125 cm³/mol. The maximum absolute atomic E-state index is 12.3.